The number of para-hydroxylation sites is 2. The number of aromatic nitrogens is 5. The quantitative estimate of drug-likeness (QED) is 0.273. The van der Waals surface area contributed by atoms with Gasteiger partial charge in [0.2, 0.25) is 10.3 Å². The first-order valence-corrected chi connectivity index (χ1v) is 11.5. The molecule has 0 amide bonds. The van der Waals surface area contributed by atoms with Crippen LogP contribution in [-0.2, 0) is 0 Å². The SMILES string of the molecule is Nc1nc2c(N=Nc3nc4ccccc4s3)c(N)nn2c(N)c1N=Nc1nc2ccccc2s1. The van der Waals surface area contributed by atoms with E-state index in [0.717, 1.165) is 20.4 Å². The average molecular weight is 487 g/mol. The number of hydrogen-bond donors (Lipinski definition) is 3. The maximum atomic E-state index is 6.27. The molecule has 2 aromatic carbocycles. The molecule has 0 radical (unpaired) electrons. The molecule has 0 fully saturated rings. The van der Waals surface area contributed by atoms with Crippen LogP contribution in [0.1, 0.15) is 0 Å². The smallest absolute Gasteiger partial charge is 0.231 e. The zero-order valence-corrected chi connectivity index (χ0v) is 18.8. The van der Waals surface area contributed by atoms with Crippen molar-refractivity contribution in [1.82, 2.24) is 24.6 Å². The number of fused-ring (bicyclic) bond motifs is 3. The highest BCUT2D eigenvalue weighted by Gasteiger charge is 2.19. The van der Waals surface area contributed by atoms with Gasteiger partial charge in [-0.25, -0.2) is 15.0 Å². The maximum Gasteiger partial charge on any atom is 0.231 e. The van der Waals surface area contributed by atoms with Crippen LogP contribution in [0.2, 0.25) is 0 Å². The van der Waals surface area contributed by atoms with Gasteiger partial charge < -0.3 is 17.2 Å². The van der Waals surface area contributed by atoms with Gasteiger partial charge in [0, 0.05) is 0 Å². The van der Waals surface area contributed by atoms with Crippen molar-refractivity contribution in [2.45, 2.75) is 0 Å². The molecular formula is C20H14N12S2. The maximum absolute atomic E-state index is 6.27. The number of nitrogens with zero attached hydrogens (tertiary/aromatic N) is 9. The van der Waals surface area contributed by atoms with Crippen LogP contribution in [0, 0.1) is 0 Å². The largest absolute Gasteiger partial charge is 0.382 e. The van der Waals surface area contributed by atoms with Gasteiger partial charge in [-0.1, -0.05) is 46.9 Å². The number of hydrogen-bond acceptors (Lipinski definition) is 13. The summed E-state index contributed by atoms with van der Waals surface area (Å²) < 4.78 is 3.30. The molecule has 0 saturated heterocycles. The van der Waals surface area contributed by atoms with Crippen LogP contribution in [0.25, 0.3) is 26.1 Å². The summed E-state index contributed by atoms with van der Waals surface area (Å²) in [5, 5.41) is 21.9. The van der Waals surface area contributed by atoms with E-state index in [4.69, 9.17) is 17.2 Å². The van der Waals surface area contributed by atoms with Crippen molar-refractivity contribution in [3.63, 3.8) is 0 Å². The first kappa shape index (κ1) is 20.1. The lowest BCUT2D eigenvalue weighted by Crippen LogP contribution is -2.04. The van der Waals surface area contributed by atoms with Crippen molar-refractivity contribution < 1.29 is 0 Å². The van der Waals surface area contributed by atoms with Crippen LogP contribution in [0.15, 0.2) is 69.0 Å². The van der Waals surface area contributed by atoms with Crippen molar-refractivity contribution in [2.75, 3.05) is 17.2 Å². The summed E-state index contributed by atoms with van der Waals surface area (Å²) in [5.74, 6) is 0.246. The van der Waals surface area contributed by atoms with E-state index in [0.29, 0.717) is 10.3 Å². The molecule has 6 rings (SSSR count). The molecule has 14 heteroatoms. The summed E-state index contributed by atoms with van der Waals surface area (Å²) in [6.07, 6.45) is 0. The van der Waals surface area contributed by atoms with E-state index in [1.807, 2.05) is 48.5 Å². The van der Waals surface area contributed by atoms with Gasteiger partial charge in [-0.3, -0.25) is 0 Å². The Balaban J connectivity index is 1.37. The summed E-state index contributed by atoms with van der Waals surface area (Å²) in [6, 6.07) is 15.4. The molecule has 0 aliphatic rings. The Kier molecular flexibility index (Phi) is 4.60. The molecule has 4 heterocycles. The van der Waals surface area contributed by atoms with Crippen molar-refractivity contribution in [2.24, 2.45) is 20.5 Å². The highest BCUT2D eigenvalue weighted by Crippen LogP contribution is 2.37. The van der Waals surface area contributed by atoms with Crippen LogP contribution >= 0.6 is 22.7 Å². The Bertz CT molecular complexity index is 1690. The summed E-state index contributed by atoms with van der Waals surface area (Å²) in [4.78, 5) is 13.2. The van der Waals surface area contributed by atoms with Gasteiger partial charge in [0.25, 0.3) is 0 Å². The molecule has 0 atom stereocenters. The monoisotopic (exact) mass is 486 g/mol. The van der Waals surface area contributed by atoms with Crippen molar-refractivity contribution in [1.29, 1.82) is 0 Å². The fraction of sp³-hybridized carbons (Fsp3) is 0. The standard InChI is InChI=1S/C20H14N12S2/c21-15-13(27-29-19-24-9-5-1-3-7-11(9)33-19)17(23)32-18(26-15)14(16(22)31-32)28-30-20-25-10-6-2-4-8-12(10)34-20/h1-8H,23H2,(H2,21,26)(H2,22,31). The van der Waals surface area contributed by atoms with E-state index >= 15 is 0 Å². The summed E-state index contributed by atoms with van der Waals surface area (Å²) >= 11 is 2.80. The molecule has 0 saturated carbocycles. The second-order valence-electron chi connectivity index (χ2n) is 7.03. The minimum atomic E-state index is 0.0474. The molecule has 0 bridgehead atoms. The Morgan fingerprint density at radius 2 is 1.21 bits per heavy atom. The van der Waals surface area contributed by atoms with E-state index in [9.17, 15) is 0 Å². The molecule has 6 aromatic rings. The number of nitrogens with two attached hydrogens (primary N) is 3. The van der Waals surface area contributed by atoms with Crippen LogP contribution in [0.5, 0.6) is 0 Å². The van der Waals surface area contributed by atoms with Gasteiger partial charge in [-0.2, -0.15) is 4.52 Å². The summed E-state index contributed by atoms with van der Waals surface area (Å²) in [7, 11) is 0. The molecule has 0 aliphatic heterocycles. The zero-order chi connectivity index (χ0) is 23.2. The fourth-order valence-electron chi connectivity index (χ4n) is 3.27. The van der Waals surface area contributed by atoms with Crippen molar-refractivity contribution in [3.8, 4) is 0 Å². The lowest BCUT2D eigenvalue weighted by atomic mass is 10.3. The van der Waals surface area contributed by atoms with Gasteiger partial charge >= 0.3 is 0 Å². The predicted octanol–water partition coefficient (Wildman–Crippen LogP) is 5.53. The van der Waals surface area contributed by atoms with Crippen LogP contribution in [0.3, 0.4) is 0 Å². The third kappa shape index (κ3) is 3.37. The molecule has 0 spiro atoms. The topological polar surface area (TPSA) is 183 Å². The molecule has 0 aliphatic carbocycles. The molecule has 6 N–H and O–H groups in total. The summed E-state index contributed by atoms with van der Waals surface area (Å²) in [6.45, 7) is 0. The molecule has 0 unspecified atom stereocenters. The zero-order valence-electron chi connectivity index (χ0n) is 17.2. The lowest BCUT2D eigenvalue weighted by Gasteiger charge is -2.04. The van der Waals surface area contributed by atoms with Gasteiger partial charge in [0.05, 0.1) is 20.4 Å². The van der Waals surface area contributed by atoms with Gasteiger partial charge in [0.15, 0.2) is 34.5 Å². The number of rotatable bonds is 4. The lowest BCUT2D eigenvalue weighted by molar-refractivity contribution is 0.955. The second kappa shape index (κ2) is 7.79. The van der Waals surface area contributed by atoms with Crippen molar-refractivity contribution in [3.05, 3.63) is 48.5 Å². The first-order valence-electron chi connectivity index (χ1n) is 9.84. The molecule has 166 valence electrons. The molecule has 4 aromatic heterocycles. The van der Waals surface area contributed by atoms with Crippen LogP contribution in [-0.4, -0.2) is 24.6 Å². The Hall–Kier alpha value is -4.56. The molecule has 12 nitrogen and oxygen atoms in total. The average Bonchev–Trinajstić information content (AvgIpc) is 3.52. The van der Waals surface area contributed by atoms with E-state index in [1.165, 1.54) is 27.2 Å². The first-order chi connectivity index (χ1) is 16.6. The second-order valence-corrected chi connectivity index (χ2v) is 9.05. The highest BCUT2D eigenvalue weighted by atomic mass is 32.1. The Morgan fingerprint density at radius 3 is 1.79 bits per heavy atom. The minimum absolute atomic E-state index is 0.0474. The van der Waals surface area contributed by atoms with Gasteiger partial charge in [-0.05, 0) is 24.3 Å². The van der Waals surface area contributed by atoms with E-state index in [-0.39, 0.29) is 34.5 Å². The van der Waals surface area contributed by atoms with E-state index in [1.54, 1.807) is 0 Å². The molecule has 34 heavy (non-hydrogen) atoms. The summed E-state index contributed by atoms with van der Waals surface area (Å²) in [5.41, 5.74) is 20.8. The van der Waals surface area contributed by atoms with Gasteiger partial charge in [-0.15, -0.1) is 25.6 Å². The number of anilines is 3. The minimum Gasteiger partial charge on any atom is -0.382 e. The van der Waals surface area contributed by atoms with Crippen LogP contribution in [0.4, 0.5) is 39.1 Å². The van der Waals surface area contributed by atoms with E-state index < -0.39 is 0 Å². The predicted molar refractivity (Wildman–Crippen MR) is 134 cm³/mol. The third-order valence-corrected chi connectivity index (χ3v) is 6.68. The highest BCUT2D eigenvalue weighted by molar-refractivity contribution is 7.22. The third-order valence-electron chi connectivity index (χ3n) is 4.84. The van der Waals surface area contributed by atoms with E-state index in [2.05, 4.69) is 40.5 Å². The number of thiazole rings is 2. The number of benzene rings is 2. The van der Waals surface area contributed by atoms with Gasteiger partial charge in [0.1, 0.15) is 0 Å². The Morgan fingerprint density at radius 1 is 0.647 bits per heavy atom. The number of azo groups is 2. The van der Waals surface area contributed by atoms with Crippen LogP contribution < -0.4 is 17.2 Å². The number of nitrogen functional groups attached to an aromatic ring is 3. The fourth-order valence-corrected chi connectivity index (χ4v) is 4.85. The van der Waals surface area contributed by atoms with Crippen molar-refractivity contribution >= 4 is 87.8 Å². The molecular weight excluding hydrogens is 472 g/mol. The normalized spacial score (nSPS) is 12.2. The Labute approximate surface area is 198 Å².